The average molecular weight is 348 g/mol. The zero-order valence-corrected chi connectivity index (χ0v) is 15.0. The van der Waals surface area contributed by atoms with Gasteiger partial charge in [0.05, 0.1) is 52.4 Å². The quantitative estimate of drug-likeness (QED) is 0.807. The van der Waals surface area contributed by atoms with Gasteiger partial charge in [-0.3, -0.25) is 4.79 Å². The lowest BCUT2D eigenvalue weighted by molar-refractivity contribution is -0.883. The monoisotopic (exact) mass is 348 g/mol. The molecule has 0 aliphatic carbocycles. The van der Waals surface area contributed by atoms with E-state index in [1.165, 1.54) is 16.7 Å². The topological polar surface area (TPSA) is 55.6 Å². The molecule has 24 heavy (non-hydrogen) atoms. The molecule has 7 heteroatoms. The number of amides is 1. The normalized spacial score (nSPS) is 20.5. The van der Waals surface area contributed by atoms with Crippen molar-refractivity contribution in [2.75, 3.05) is 47.4 Å². The molecule has 0 spiro atoms. The summed E-state index contributed by atoms with van der Waals surface area (Å²) in [4.78, 5) is 20.8. The lowest BCUT2D eigenvalue weighted by atomic mass is 10.1. The number of aliphatic imine (C=N–C) groups is 1. The summed E-state index contributed by atoms with van der Waals surface area (Å²) in [7, 11) is 5.42. The standard InChI is InChI=1S/C17H21N3O3S/c1-19-6-8-20(9-7-19)17-18-16(21)15(24-17)11-12-10-13(22-2)4-5-14(12)23-3/h4-5,10-11H,6-9H2,1-3H3/p+1/b15-11+. The van der Waals surface area contributed by atoms with Crippen LogP contribution in [0.5, 0.6) is 11.5 Å². The van der Waals surface area contributed by atoms with E-state index in [1.807, 2.05) is 24.3 Å². The number of carbonyl (C=O) groups excluding carboxylic acids is 1. The number of nitrogens with zero attached hydrogens (tertiary/aromatic N) is 2. The molecule has 0 radical (unpaired) electrons. The summed E-state index contributed by atoms with van der Waals surface area (Å²) in [5.74, 6) is 1.24. The molecule has 1 N–H and O–H groups in total. The van der Waals surface area contributed by atoms with Gasteiger partial charge >= 0.3 is 0 Å². The van der Waals surface area contributed by atoms with E-state index in [0.717, 1.165) is 42.7 Å². The highest BCUT2D eigenvalue weighted by Crippen LogP contribution is 2.33. The third-order valence-electron chi connectivity index (χ3n) is 4.22. The molecule has 0 bridgehead atoms. The summed E-state index contributed by atoms with van der Waals surface area (Å²) in [6.07, 6.45) is 1.83. The number of benzene rings is 1. The summed E-state index contributed by atoms with van der Waals surface area (Å²) in [6, 6.07) is 5.52. The van der Waals surface area contributed by atoms with Crippen LogP contribution in [-0.2, 0) is 4.79 Å². The number of rotatable bonds is 3. The largest absolute Gasteiger partial charge is 0.497 e. The minimum absolute atomic E-state index is 0.189. The van der Waals surface area contributed by atoms with E-state index < -0.39 is 0 Å². The maximum Gasteiger partial charge on any atom is 0.286 e. The van der Waals surface area contributed by atoms with Gasteiger partial charge in [0.1, 0.15) is 11.5 Å². The Labute approximate surface area is 146 Å². The van der Waals surface area contributed by atoms with Crippen molar-refractivity contribution < 1.29 is 19.2 Å². The van der Waals surface area contributed by atoms with Crippen LogP contribution in [0.25, 0.3) is 6.08 Å². The predicted octanol–water partition coefficient (Wildman–Crippen LogP) is 0.504. The van der Waals surface area contributed by atoms with Crippen molar-refractivity contribution in [2.24, 2.45) is 4.99 Å². The maximum atomic E-state index is 12.3. The second kappa shape index (κ2) is 7.27. The molecule has 1 amide bonds. The van der Waals surface area contributed by atoms with Crippen LogP contribution < -0.4 is 14.4 Å². The van der Waals surface area contributed by atoms with Crippen molar-refractivity contribution in [3.63, 3.8) is 0 Å². The van der Waals surface area contributed by atoms with Crippen molar-refractivity contribution in [3.8, 4) is 11.5 Å². The van der Waals surface area contributed by atoms with E-state index in [2.05, 4.69) is 16.9 Å². The number of nitrogens with one attached hydrogen (secondary N) is 1. The first-order valence-electron chi connectivity index (χ1n) is 7.91. The van der Waals surface area contributed by atoms with Crippen molar-refractivity contribution in [3.05, 3.63) is 28.7 Å². The van der Waals surface area contributed by atoms with E-state index in [-0.39, 0.29) is 5.91 Å². The number of methoxy groups -OCH3 is 2. The van der Waals surface area contributed by atoms with E-state index in [4.69, 9.17) is 9.47 Å². The van der Waals surface area contributed by atoms with Crippen molar-refractivity contribution in [1.29, 1.82) is 0 Å². The van der Waals surface area contributed by atoms with Crippen LogP contribution in [0.3, 0.4) is 0 Å². The Morgan fingerprint density at radius 2 is 2.00 bits per heavy atom. The second-order valence-electron chi connectivity index (χ2n) is 5.86. The molecule has 1 aromatic rings. The van der Waals surface area contributed by atoms with Crippen LogP contribution in [0.1, 0.15) is 5.56 Å². The average Bonchev–Trinajstić information content (AvgIpc) is 2.96. The van der Waals surface area contributed by atoms with Crippen LogP contribution in [0.2, 0.25) is 0 Å². The number of thioether (sulfide) groups is 1. The first kappa shape index (κ1) is 16.9. The van der Waals surface area contributed by atoms with Crippen molar-refractivity contribution >= 4 is 28.9 Å². The van der Waals surface area contributed by atoms with Gasteiger partial charge in [-0.15, -0.1) is 0 Å². The molecule has 1 fully saturated rings. The van der Waals surface area contributed by atoms with Gasteiger partial charge in [-0.25, -0.2) is 0 Å². The zero-order valence-electron chi connectivity index (χ0n) is 14.2. The minimum atomic E-state index is -0.189. The molecule has 128 valence electrons. The highest BCUT2D eigenvalue weighted by Gasteiger charge is 2.29. The van der Waals surface area contributed by atoms with Gasteiger partial charge < -0.3 is 19.3 Å². The van der Waals surface area contributed by atoms with Gasteiger partial charge in [-0.1, -0.05) is 0 Å². The fourth-order valence-electron chi connectivity index (χ4n) is 2.71. The van der Waals surface area contributed by atoms with Crippen LogP contribution in [0, 0.1) is 0 Å². The first-order valence-corrected chi connectivity index (χ1v) is 8.73. The van der Waals surface area contributed by atoms with Gasteiger partial charge in [0.2, 0.25) is 0 Å². The number of hydrogen-bond acceptors (Lipinski definition) is 5. The number of amidine groups is 1. The molecule has 0 aromatic heterocycles. The van der Waals surface area contributed by atoms with Crippen LogP contribution in [-0.4, -0.2) is 63.4 Å². The Hall–Kier alpha value is -1.99. The fraction of sp³-hybridized carbons (Fsp3) is 0.412. The van der Waals surface area contributed by atoms with Crippen LogP contribution in [0.15, 0.2) is 28.1 Å². The third kappa shape index (κ3) is 3.57. The van der Waals surface area contributed by atoms with E-state index in [0.29, 0.717) is 10.7 Å². The molecule has 1 saturated heterocycles. The van der Waals surface area contributed by atoms with Crippen molar-refractivity contribution in [2.45, 2.75) is 0 Å². The minimum Gasteiger partial charge on any atom is -0.497 e. The molecule has 0 unspecified atom stereocenters. The highest BCUT2D eigenvalue weighted by atomic mass is 32.2. The first-order chi connectivity index (χ1) is 11.6. The summed E-state index contributed by atoms with van der Waals surface area (Å²) < 4.78 is 10.6. The predicted molar refractivity (Wildman–Crippen MR) is 95.7 cm³/mol. The Bertz CT molecular complexity index is 694. The number of carbonyl (C=O) groups is 1. The summed E-state index contributed by atoms with van der Waals surface area (Å²) in [5.41, 5.74) is 0.812. The number of ether oxygens (including phenoxy) is 2. The number of likely N-dealkylation sites (N-methyl/N-ethyl adjacent to an activating group) is 1. The van der Waals surface area contributed by atoms with Gasteiger partial charge in [-0.05, 0) is 36.0 Å². The number of hydrogen-bond donors (Lipinski definition) is 1. The SMILES string of the molecule is COc1ccc(OC)c(/C=C2/SC(N3CC[NH+](C)CC3)=NC2=O)c1. The Kier molecular flexibility index (Phi) is 5.11. The van der Waals surface area contributed by atoms with E-state index in [9.17, 15) is 4.79 Å². The molecular formula is C17H22N3O3S+. The smallest absolute Gasteiger partial charge is 0.286 e. The molecule has 3 rings (SSSR count). The van der Waals surface area contributed by atoms with Crippen LogP contribution >= 0.6 is 11.8 Å². The molecule has 0 saturated carbocycles. The summed E-state index contributed by atoms with van der Waals surface area (Å²) >= 11 is 1.44. The van der Waals surface area contributed by atoms with Gasteiger partial charge in [0, 0.05) is 5.56 Å². The second-order valence-corrected chi connectivity index (χ2v) is 6.87. The van der Waals surface area contributed by atoms with Gasteiger partial charge in [0.15, 0.2) is 5.17 Å². The lowest BCUT2D eigenvalue weighted by Gasteiger charge is -2.30. The van der Waals surface area contributed by atoms with Gasteiger partial charge in [-0.2, -0.15) is 4.99 Å². The number of piperazine rings is 1. The fourth-order valence-corrected chi connectivity index (χ4v) is 3.66. The summed E-state index contributed by atoms with van der Waals surface area (Å²) in [5, 5.41) is 0.806. The Balaban J connectivity index is 1.79. The molecule has 0 atom stereocenters. The molecule has 2 heterocycles. The Morgan fingerprint density at radius 1 is 1.25 bits per heavy atom. The van der Waals surface area contributed by atoms with Crippen LogP contribution in [0.4, 0.5) is 0 Å². The summed E-state index contributed by atoms with van der Waals surface area (Å²) in [6.45, 7) is 3.99. The third-order valence-corrected chi connectivity index (χ3v) is 5.26. The zero-order chi connectivity index (χ0) is 17.1. The van der Waals surface area contributed by atoms with Gasteiger partial charge in [0.25, 0.3) is 5.91 Å². The molecule has 1 aromatic carbocycles. The van der Waals surface area contributed by atoms with E-state index in [1.54, 1.807) is 14.2 Å². The van der Waals surface area contributed by atoms with E-state index >= 15 is 0 Å². The van der Waals surface area contributed by atoms with Crippen molar-refractivity contribution in [1.82, 2.24) is 4.90 Å². The highest BCUT2D eigenvalue weighted by molar-refractivity contribution is 8.18. The molecule has 2 aliphatic rings. The maximum absolute atomic E-state index is 12.3. The Morgan fingerprint density at radius 3 is 2.67 bits per heavy atom. The molecular weight excluding hydrogens is 326 g/mol. The molecule has 6 nitrogen and oxygen atoms in total. The molecule has 2 aliphatic heterocycles. The number of quaternary nitrogens is 1. The lowest BCUT2D eigenvalue weighted by Crippen LogP contribution is -3.12.